The summed E-state index contributed by atoms with van der Waals surface area (Å²) in [5.74, 6) is -0.115. The lowest BCUT2D eigenvalue weighted by molar-refractivity contribution is -0.145. The molecule has 0 aliphatic carbocycles. The third kappa shape index (κ3) is 3.35. The minimum absolute atomic E-state index is 0.139. The van der Waals surface area contributed by atoms with Crippen LogP contribution in [-0.4, -0.2) is 29.4 Å². The summed E-state index contributed by atoms with van der Waals surface area (Å²) in [4.78, 5) is 10.8. The van der Waals surface area contributed by atoms with Gasteiger partial charge in [0.25, 0.3) is 0 Å². The number of carboxylic acids is 1. The molecule has 1 aromatic carbocycles. The Labute approximate surface area is 99.6 Å². The summed E-state index contributed by atoms with van der Waals surface area (Å²) in [6, 6.07) is 4.82. The Bertz CT molecular complexity index is 388. The van der Waals surface area contributed by atoms with E-state index in [0.717, 1.165) is 0 Å². The number of hydrogen-bond donors (Lipinski definition) is 2. The van der Waals surface area contributed by atoms with Crippen LogP contribution in [0.25, 0.3) is 0 Å². The van der Waals surface area contributed by atoms with Crippen LogP contribution in [0.3, 0.4) is 0 Å². The van der Waals surface area contributed by atoms with Crippen molar-refractivity contribution in [2.45, 2.75) is 26.1 Å². The van der Waals surface area contributed by atoms with E-state index in [1.54, 1.807) is 25.1 Å². The number of benzene rings is 1. The third-order valence-electron chi connectivity index (χ3n) is 2.35. The van der Waals surface area contributed by atoms with Gasteiger partial charge in [0.2, 0.25) is 0 Å². The third-order valence-corrected chi connectivity index (χ3v) is 2.35. The van der Waals surface area contributed by atoms with Gasteiger partial charge in [-0.1, -0.05) is 6.92 Å². The molecular weight excluding hydrogens is 224 g/mol. The minimum atomic E-state index is -1.00. The number of rotatable bonds is 6. The molecule has 0 aliphatic heterocycles. The Balaban J connectivity index is 2.88. The van der Waals surface area contributed by atoms with Crippen molar-refractivity contribution < 1.29 is 24.5 Å². The van der Waals surface area contributed by atoms with E-state index in [1.165, 1.54) is 7.11 Å². The van der Waals surface area contributed by atoms with Crippen molar-refractivity contribution in [2.75, 3.05) is 7.11 Å². The first-order chi connectivity index (χ1) is 8.12. The van der Waals surface area contributed by atoms with E-state index in [1.807, 2.05) is 0 Å². The molecule has 1 rings (SSSR count). The summed E-state index contributed by atoms with van der Waals surface area (Å²) in [5, 5.41) is 17.9. The fourth-order valence-corrected chi connectivity index (χ4v) is 1.40. The van der Waals surface area contributed by atoms with Crippen LogP contribution in [0.5, 0.6) is 11.5 Å². The number of aliphatic hydroxyl groups is 1. The van der Waals surface area contributed by atoms with Crippen LogP contribution in [0.15, 0.2) is 18.2 Å². The predicted octanol–water partition coefficient (Wildman–Crippen LogP) is 1.43. The zero-order valence-corrected chi connectivity index (χ0v) is 9.84. The summed E-state index contributed by atoms with van der Waals surface area (Å²) in [7, 11) is 1.48. The number of ether oxygens (including phenoxy) is 2. The smallest absolute Gasteiger partial charge is 0.344 e. The van der Waals surface area contributed by atoms with Gasteiger partial charge in [0.05, 0.1) is 13.7 Å². The van der Waals surface area contributed by atoms with E-state index in [9.17, 15) is 4.79 Å². The predicted molar refractivity (Wildman–Crippen MR) is 61.3 cm³/mol. The van der Waals surface area contributed by atoms with Crippen molar-refractivity contribution in [3.05, 3.63) is 23.8 Å². The van der Waals surface area contributed by atoms with Crippen molar-refractivity contribution in [1.29, 1.82) is 0 Å². The molecule has 0 amide bonds. The molecule has 1 unspecified atom stereocenters. The van der Waals surface area contributed by atoms with Crippen LogP contribution in [0.4, 0.5) is 0 Å². The summed E-state index contributed by atoms with van der Waals surface area (Å²) in [5.41, 5.74) is 0.628. The molecule has 5 heteroatoms. The van der Waals surface area contributed by atoms with Gasteiger partial charge in [-0.25, -0.2) is 4.79 Å². The summed E-state index contributed by atoms with van der Waals surface area (Å²) >= 11 is 0. The standard InChI is InChI=1S/C12H16O5/c1-3-10(12(14)15)17-9-5-4-8(7-13)11(6-9)16-2/h4-6,10,13H,3,7H2,1-2H3,(H,14,15). The molecule has 0 spiro atoms. The van der Waals surface area contributed by atoms with Crippen LogP contribution < -0.4 is 9.47 Å². The largest absolute Gasteiger partial charge is 0.496 e. The van der Waals surface area contributed by atoms with Gasteiger partial charge in [0.15, 0.2) is 6.10 Å². The molecule has 0 saturated heterocycles. The fraction of sp³-hybridized carbons (Fsp3) is 0.417. The quantitative estimate of drug-likeness (QED) is 0.786. The first kappa shape index (κ1) is 13.3. The average Bonchev–Trinajstić information content (AvgIpc) is 2.35. The van der Waals surface area contributed by atoms with Gasteiger partial charge < -0.3 is 19.7 Å². The molecule has 0 radical (unpaired) electrons. The second-order valence-corrected chi connectivity index (χ2v) is 3.48. The summed E-state index contributed by atoms with van der Waals surface area (Å²) in [6.45, 7) is 1.59. The molecule has 0 aromatic heterocycles. The summed E-state index contributed by atoms with van der Waals surface area (Å²) < 4.78 is 10.4. The van der Waals surface area contributed by atoms with Crippen LogP contribution >= 0.6 is 0 Å². The lowest BCUT2D eigenvalue weighted by Crippen LogP contribution is -2.25. The summed E-state index contributed by atoms with van der Waals surface area (Å²) in [6.07, 6.45) is -0.501. The van der Waals surface area contributed by atoms with E-state index < -0.39 is 12.1 Å². The molecule has 94 valence electrons. The highest BCUT2D eigenvalue weighted by molar-refractivity contribution is 5.72. The Morgan fingerprint density at radius 1 is 1.47 bits per heavy atom. The number of hydrogen-bond acceptors (Lipinski definition) is 4. The molecule has 2 N–H and O–H groups in total. The second kappa shape index (κ2) is 6.10. The van der Waals surface area contributed by atoms with E-state index in [0.29, 0.717) is 23.5 Å². The van der Waals surface area contributed by atoms with Crippen molar-refractivity contribution in [2.24, 2.45) is 0 Å². The van der Waals surface area contributed by atoms with Crippen LogP contribution in [-0.2, 0) is 11.4 Å². The average molecular weight is 240 g/mol. The Morgan fingerprint density at radius 2 is 2.18 bits per heavy atom. The molecule has 5 nitrogen and oxygen atoms in total. The van der Waals surface area contributed by atoms with Gasteiger partial charge in [-0.3, -0.25) is 0 Å². The number of aliphatic carboxylic acids is 1. The van der Waals surface area contributed by atoms with Crippen molar-refractivity contribution in [1.82, 2.24) is 0 Å². The fourth-order valence-electron chi connectivity index (χ4n) is 1.40. The Morgan fingerprint density at radius 3 is 2.65 bits per heavy atom. The minimum Gasteiger partial charge on any atom is -0.496 e. The number of methoxy groups -OCH3 is 1. The van der Waals surface area contributed by atoms with Gasteiger partial charge in [0, 0.05) is 11.6 Å². The molecule has 0 fully saturated rings. The van der Waals surface area contributed by atoms with Crippen molar-refractivity contribution in [3.63, 3.8) is 0 Å². The molecule has 1 atom stereocenters. The first-order valence-electron chi connectivity index (χ1n) is 5.29. The van der Waals surface area contributed by atoms with E-state index in [-0.39, 0.29) is 6.61 Å². The van der Waals surface area contributed by atoms with Gasteiger partial charge in [-0.15, -0.1) is 0 Å². The number of carbonyl (C=O) groups is 1. The van der Waals surface area contributed by atoms with E-state index in [4.69, 9.17) is 19.7 Å². The molecule has 1 aromatic rings. The van der Waals surface area contributed by atoms with E-state index >= 15 is 0 Å². The van der Waals surface area contributed by atoms with Gasteiger partial charge in [-0.05, 0) is 18.6 Å². The molecule has 0 aliphatic rings. The highest BCUT2D eigenvalue weighted by Gasteiger charge is 2.17. The first-order valence-corrected chi connectivity index (χ1v) is 5.29. The molecule has 0 bridgehead atoms. The van der Waals surface area contributed by atoms with Crippen LogP contribution in [0.2, 0.25) is 0 Å². The maximum Gasteiger partial charge on any atom is 0.344 e. The molecular formula is C12H16O5. The van der Waals surface area contributed by atoms with Crippen molar-refractivity contribution in [3.8, 4) is 11.5 Å². The molecule has 17 heavy (non-hydrogen) atoms. The maximum absolute atomic E-state index is 10.8. The zero-order valence-electron chi connectivity index (χ0n) is 9.84. The number of carboxylic acid groups (broad SMARTS) is 1. The lowest BCUT2D eigenvalue weighted by atomic mass is 10.2. The molecule has 0 heterocycles. The number of aliphatic hydroxyl groups excluding tert-OH is 1. The van der Waals surface area contributed by atoms with E-state index in [2.05, 4.69) is 0 Å². The zero-order chi connectivity index (χ0) is 12.8. The van der Waals surface area contributed by atoms with Gasteiger partial charge in [0.1, 0.15) is 11.5 Å². The van der Waals surface area contributed by atoms with Gasteiger partial charge in [-0.2, -0.15) is 0 Å². The van der Waals surface area contributed by atoms with Crippen molar-refractivity contribution >= 4 is 5.97 Å². The molecule has 0 saturated carbocycles. The van der Waals surface area contributed by atoms with Gasteiger partial charge >= 0.3 is 5.97 Å². The lowest BCUT2D eigenvalue weighted by Gasteiger charge is -2.14. The Hall–Kier alpha value is -1.75. The van der Waals surface area contributed by atoms with Crippen LogP contribution in [0, 0.1) is 0 Å². The van der Waals surface area contributed by atoms with Crippen LogP contribution in [0.1, 0.15) is 18.9 Å². The second-order valence-electron chi connectivity index (χ2n) is 3.48. The highest BCUT2D eigenvalue weighted by atomic mass is 16.5. The normalized spacial score (nSPS) is 11.9. The highest BCUT2D eigenvalue weighted by Crippen LogP contribution is 2.25. The SMILES string of the molecule is CCC(Oc1ccc(CO)c(OC)c1)C(=O)O. The monoisotopic (exact) mass is 240 g/mol. The topological polar surface area (TPSA) is 76.0 Å². The Kier molecular flexibility index (Phi) is 4.78. The maximum atomic E-state index is 10.8.